The molecule has 34 heavy (non-hydrogen) atoms. The van der Waals surface area contributed by atoms with Crippen molar-refractivity contribution >= 4 is 34.9 Å². The molecule has 2 saturated heterocycles. The number of aromatic nitrogens is 3. The Morgan fingerprint density at radius 3 is 2.88 bits per heavy atom. The predicted octanol–water partition coefficient (Wildman–Crippen LogP) is 1.89. The van der Waals surface area contributed by atoms with Gasteiger partial charge in [0.15, 0.2) is 5.82 Å². The van der Waals surface area contributed by atoms with E-state index in [0.717, 1.165) is 24.2 Å². The van der Waals surface area contributed by atoms with E-state index in [2.05, 4.69) is 33.9 Å². The quantitative estimate of drug-likeness (QED) is 0.444. The average Bonchev–Trinajstić information content (AvgIpc) is 3.37. The van der Waals surface area contributed by atoms with Crippen LogP contribution in [0.3, 0.4) is 0 Å². The number of anilines is 2. The second kappa shape index (κ2) is 9.44. The van der Waals surface area contributed by atoms with Crippen molar-refractivity contribution in [3.63, 3.8) is 0 Å². The van der Waals surface area contributed by atoms with Gasteiger partial charge in [-0.1, -0.05) is 5.57 Å². The first-order valence-corrected chi connectivity index (χ1v) is 12.1. The summed E-state index contributed by atoms with van der Waals surface area (Å²) >= 11 is 0. The first kappa shape index (κ1) is 22.4. The van der Waals surface area contributed by atoms with Crippen LogP contribution in [0.4, 0.5) is 11.8 Å². The number of carbonyl (C=O) groups is 2. The Hall–Kier alpha value is -3.43. The van der Waals surface area contributed by atoms with Gasteiger partial charge in [0.25, 0.3) is 0 Å². The van der Waals surface area contributed by atoms with Crippen molar-refractivity contribution in [2.24, 2.45) is 10.9 Å². The molecule has 5 rings (SSSR count). The van der Waals surface area contributed by atoms with E-state index in [9.17, 15) is 9.59 Å². The van der Waals surface area contributed by atoms with E-state index in [4.69, 9.17) is 10.1 Å². The van der Waals surface area contributed by atoms with Gasteiger partial charge < -0.3 is 20.9 Å². The summed E-state index contributed by atoms with van der Waals surface area (Å²) in [6.07, 6.45) is 9.20. The van der Waals surface area contributed by atoms with E-state index < -0.39 is 0 Å². The zero-order valence-electron chi connectivity index (χ0n) is 19.8. The predicted molar refractivity (Wildman–Crippen MR) is 131 cm³/mol. The Balaban J connectivity index is 1.37. The summed E-state index contributed by atoms with van der Waals surface area (Å²) in [4.78, 5) is 35.8. The molecule has 3 fully saturated rings. The molecule has 0 spiro atoms. The molecule has 0 radical (unpaired) electrons. The number of rotatable bonds is 6. The van der Waals surface area contributed by atoms with E-state index in [1.54, 1.807) is 11.6 Å². The number of nitrogens with zero attached hydrogens (tertiary/aromatic N) is 5. The third-order valence-corrected chi connectivity index (χ3v) is 6.88. The fraction of sp³-hybridized carbons (Fsp3) is 0.542. The zero-order chi connectivity index (χ0) is 23.7. The largest absolute Gasteiger partial charge is 0.354 e. The summed E-state index contributed by atoms with van der Waals surface area (Å²) in [6, 6.07) is 3.51. The van der Waals surface area contributed by atoms with Gasteiger partial charge in [0.1, 0.15) is 17.4 Å². The van der Waals surface area contributed by atoms with E-state index in [-0.39, 0.29) is 23.9 Å². The lowest BCUT2D eigenvalue weighted by molar-refractivity contribution is -0.126. The molecule has 2 aromatic rings. The number of piperidine rings is 1. The molecule has 2 aromatic heterocycles. The maximum absolute atomic E-state index is 13.1. The van der Waals surface area contributed by atoms with Gasteiger partial charge in [-0.2, -0.15) is 4.98 Å². The second-order valence-electron chi connectivity index (χ2n) is 9.39. The van der Waals surface area contributed by atoms with E-state index in [1.165, 1.54) is 18.4 Å². The van der Waals surface area contributed by atoms with Gasteiger partial charge in [0, 0.05) is 38.8 Å². The highest BCUT2D eigenvalue weighted by Crippen LogP contribution is 2.36. The zero-order valence-corrected chi connectivity index (χ0v) is 19.8. The van der Waals surface area contributed by atoms with Gasteiger partial charge in [0.2, 0.25) is 17.8 Å². The van der Waals surface area contributed by atoms with Gasteiger partial charge in [-0.3, -0.25) is 14.6 Å². The smallest absolute Gasteiger partial charge is 0.246 e. The number of amides is 2. The molecule has 0 bridgehead atoms. The van der Waals surface area contributed by atoms with Gasteiger partial charge >= 0.3 is 0 Å². The molecule has 2 amide bonds. The summed E-state index contributed by atoms with van der Waals surface area (Å²) in [6.45, 7) is 3.33. The summed E-state index contributed by atoms with van der Waals surface area (Å²) in [7, 11) is 1.77. The van der Waals surface area contributed by atoms with Crippen molar-refractivity contribution in [1.82, 2.24) is 25.2 Å². The van der Waals surface area contributed by atoms with E-state index in [1.807, 2.05) is 23.2 Å². The van der Waals surface area contributed by atoms with Crippen molar-refractivity contribution in [2.45, 2.75) is 57.5 Å². The number of nitrogens with one attached hydrogen (secondary N) is 3. The molecule has 2 atom stereocenters. The number of aliphatic imine (C=N–C) groups is 1. The van der Waals surface area contributed by atoms with Crippen LogP contribution in [0, 0.1) is 5.92 Å². The molecule has 2 aliphatic heterocycles. The summed E-state index contributed by atoms with van der Waals surface area (Å²) in [5, 5.41) is 14.0. The van der Waals surface area contributed by atoms with Crippen LogP contribution in [0.15, 0.2) is 35.0 Å². The molecule has 0 aromatic carbocycles. The maximum atomic E-state index is 13.1. The molecule has 1 aliphatic carbocycles. The van der Waals surface area contributed by atoms with Crippen LogP contribution >= 0.6 is 0 Å². The molecule has 1 saturated carbocycles. The standard InChI is InChI=1S/C24H32N8O2/c1-15(16-7-8-16)13-20(25-2)28-22-18-5-4-12-32(18)30-24(29-22)31-11-3-6-19(31)23(34)27-17-9-10-21(33)26-14-17/h4-5,12-13,16-17,19H,3,6-11,14H2,1-2H3,(H,26,33)(H,27,34)(H,25,28,29,30)/b15-13+. The Bertz CT molecular complexity index is 1140. The minimum Gasteiger partial charge on any atom is -0.354 e. The SMILES string of the molecule is CN=C(/C=C(\C)C1CC1)Nc1nc(N2CCCC2C(=O)NC2CCC(=O)NC2)nn2cccc12. The van der Waals surface area contributed by atoms with Crippen molar-refractivity contribution in [1.29, 1.82) is 0 Å². The monoisotopic (exact) mass is 464 g/mol. The number of hydrogen-bond acceptors (Lipinski definition) is 6. The molecule has 10 nitrogen and oxygen atoms in total. The van der Waals surface area contributed by atoms with Crippen LogP contribution in [-0.2, 0) is 9.59 Å². The van der Waals surface area contributed by atoms with Gasteiger partial charge in [0.05, 0.1) is 0 Å². The topological polar surface area (TPSA) is 116 Å². The highest BCUT2D eigenvalue weighted by molar-refractivity contribution is 6.05. The van der Waals surface area contributed by atoms with Crippen LogP contribution in [0.25, 0.3) is 5.52 Å². The van der Waals surface area contributed by atoms with E-state index >= 15 is 0 Å². The summed E-state index contributed by atoms with van der Waals surface area (Å²) < 4.78 is 1.79. The average molecular weight is 465 g/mol. The second-order valence-corrected chi connectivity index (χ2v) is 9.39. The summed E-state index contributed by atoms with van der Waals surface area (Å²) in [5.74, 6) is 2.60. The van der Waals surface area contributed by atoms with Crippen LogP contribution in [0.5, 0.6) is 0 Å². The lowest BCUT2D eigenvalue weighted by Gasteiger charge is -2.28. The minimum atomic E-state index is -0.338. The number of amidine groups is 1. The van der Waals surface area contributed by atoms with Gasteiger partial charge in [-0.15, -0.1) is 5.10 Å². The molecule has 3 N–H and O–H groups in total. The molecule has 3 aliphatic rings. The highest BCUT2D eigenvalue weighted by atomic mass is 16.2. The van der Waals surface area contributed by atoms with Gasteiger partial charge in [-0.25, -0.2) is 4.52 Å². The molecule has 180 valence electrons. The van der Waals surface area contributed by atoms with Crippen molar-refractivity contribution in [3.05, 3.63) is 30.0 Å². The molecular weight excluding hydrogens is 432 g/mol. The van der Waals surface area contributed by atoms with Crippen LogP contribution in [-0.4, -0.2) is 64.5 Å². The Labute approximate surface area is 198 Å². The molecule has 4 heterocycles. The number of fused-ring (bicyclic) bond motifs is 1. The van der Waals surface area contributed by atoms with E-state index in [0.29, 0.717) is 43.6 Å². The normalized spacial score (nSPS) is 23.8. The van der Waals surface area contributed by atoms with Crippen molar-refractivity contribution in [2.75, 3.05) is 30.4 Å². The molecule has 10 heteroatoms. The number of carbonyl (C=O) groups excluding carboxylic acids is 2. The first-order chi connectivity index (χ1) is 16.5. The summed E-state index contributed by atoms with van der Waals surface area (Å²) in [5.41, 5.74) is 2.17. The lowest BCUT2D eigenvalue weighted by Crippen LogP contribution is -2.52. The fourth-order valence-corrected chi connectivity index (χ4v) is 4.72. The lowest BCUT2D eigenvalue weighted by atomic mass is 10.1. The van der Waals surface area contributed by atoms with Gasteiger partial charge in [-0.05, 0) is 63.2 Å². The fourth-order valence-electron chi connectivity index (χ4n) is 4.72. The highest BCUT2D eigenvalue weighted by Gasteiger charge is 2.34. The first-order valence-electron chi connectivity index (χ1n) is 12.1. The Kier molecular flexibility index (Phi) is 6.21. The number of hydrogen-bond donors (Lipinski definition) is 3. The van der Waals surface area contributed by atoms with Crippen molar-refractivity contribution in [3.8, 4) is 0 Å². The Morgan fingerprint density at radius 1 is 1.29 bits per heavy atom. The van der Waals surface area contributed by atoms with Crippen LogP contribution < -0.4 is 20.9 Å². The third kappa shape index (κ3) is 4.76. The molecular formula is C24H32N8O2. The molecule has 2 unspecified atom stereocenters. The third-order valence-electron chi connectivity index (χ3n) is 6.88. The van der Waals surface area contributed by atoms with Crippen LogP contribution in [0.1, 0.15) is 45.4 Å². The van der Waals surface area contributed by atoms with Crippen molar-refractivity contribution < 1.29 is 9.59 Å². The maximum Gasteiger partial charge on any atom is 0.246 e. The minimum absolute atomic E-state index is 0.0387. The number of allylic oxidation sites excluding steroid dienone is 1. The Morgan fingerprint density at radius 2 is 2.15 bits per heavy atom. The van der Waals surface area contributed by atoms with Crippen LogP contribution in [0.2, 0.25) is 0 Å².